The summed E-state index contributed by atoms with van der Waals surface area (Å²) >= 11 is 0. The van der Waals surface area contributed by atoms with Gasteiger partial charge in [-0.1, -0.05) is 30.3 Å². The average Bonchev–Trinajstić information content (AvgIpc) is 3.17. The predicted molar refractivity (Wildman–Crippen MR) is 107 cm³/mol. The van der Waals surface area contributed by atoms with Gasteiger partial charge in [0.2, 0.25) is 5.91 Å². The first-order valence-corrected chi connectivity index (χ1v) is 8.90. The minimum Gasteiger partial charge on any atom is -0.497 e. The lowest BCUT2D eigenvalue weighted by molar-refractivity contribution is -0.118. The van der Waals surface area contributed by atoms with Crippen molar-refractivity contribution in [3.8, 4) is 22.7 Å². The Morgan fingerprint density at radius 2 is 1.79 bits per heavy atom. The molecule has 0 unspecified atom stereocenters. The van der Waals surface area contributed by atoms with Crippen molar-refractivity contribution < 1.29 is 14.3 Å². The topological polar surface area (TPSA) is 85.2 Å². The highest BCUT2D eigenvalue weighted by Crippen LogP contribution is 2.26. The highest BCUT2D eigenvalue weighted by atomic mass is 16.5. The first-order valence-electron chi connectivity index (χ1n) is 8.90. The molecule has 3 rings (SSSR count). The number of aromatic nitrogens is 2. The number of amides is 2. The first kappa shape index (κ1) is 19.2. The smallest absolute Gasteiger partial charge is 0.255 e. The van der Waals surface area contributed by atoms with Crippen molar-refractivity contribution in [2.75, 3.05) is 20.2 Å². The summed E-state index contributed by atoms with van der Waals surface area (Å²) in [7, 11) is 1.59. The molecule has 0 bridgehead atoms. The first-order chi connectivity index (χ1) is 13.6. The number of nitrogens with zero attached hydrogens (tertiary/aromatic N) is 2. The van der Waals surface area contributed by atoms with Gasteiger partial charge in [0, 0.05) is 31.8 Å². The van der Waals surface area contributed by atoms with Crippen molar-refractivity contribution in [3.05, 3.63) is 66.4 Å². The van der Waals surface area contributed by atoms with Crippen LogP contribution in [0.4, 0.5) is 0 Å². The molecule has 0 radical (unpaired) electrons. The van der Waals surface area contributed by atoms with Gasteiger partial charge >= 0.3 is 0 Å². The fourth-order valence-electron chi connectivity index (χ4n) is 2.75. The zero-order valence-corrected chi connectivity index (χ0v) is 15.8. The summed E-state index contributed by atoms with van der Waals surface area (Å²) in [6.45, 7) is 2.13. The molecule has 2 amide bonds. The molecule has 144 valence electrons. The summed E-state index contributed by atoms with van der Waals surface area (Å²) < 4.78 is 6.97. The minimum absolute atomic E-state index is 0.136. The molecular weight excluding hydrogens is 356 g/mol. The van der Waals surface area contributed by atoms with E-state index in [1.54, 1.807) is 18.0 Å². The van der Waals surface area contributed by atoms with Crippen LogP contribution in [0.15, 0.2) is 60.8 Å². The van der Waals surface area contributed by atoms with Crippen LogP contribution < -0.4 is 15.4 Å². The van der Waals surface area contributed by atoms with Crippen LogP contribution in [-0.4, -0.2) is 41.8 Å². The molecule has 0 saturated heterocycles. The van der Waals surface area contributed by atoms with E-state index in [4.69, 9.17) is 4.74 Å². The lowest BCUT2D eigenvalue weighted by Gasteiger charge is -2.07. The maximum Gasteiger partial charge on any atom is 0.255 e. The highest BCUT2D eigenvalue weighted by molar-refractivity contribution is 6.00. The summed E-state index contributed by atoms with van der Waals surface area (Å²) in [5.41, 5.74) is 2.63. The third kappa shape index (κ3) is 4.56. The lowest BCUT2D eigenvalue weighted by atomic mass is 10.1. The molecule has 28 heavy (non-hydrogen) atoms. The molecule has 3 aromatic rings. The monoisotopic (exact) mass is 378 g/mol. The number of para-hydroxylation sites is 1. The molecule has 0 atom stereocenters. The second-order valence-corrected chi connectivity index (χ2v) is 6.14. The van der Waals surface area contributed by atoms with Crippen LogP contribution in [0.3, 0.4) is 0 Å². The van der Waals surface area contributed by atoms with Crippen molar-refractivity contribution >= 4 is 11.8 Å². The summed E-state index contributed by atoms with van der Waals surface area (Å²) in [5.74, 6) is 0.289. The number of carbonyl (C=O) groups is 2. The zero-order chi connectivity index (χ0) is 19.9. The molecule has 0 aliphatic carbocycles. The Kier molecular flexibility index (Phi) is 6.06. The molecule has 1 heterocycles. The van der Waals surface area contributed by atoms with Crippen LogP contribution in [0, 0.1) is 0 Å². The zero-order valence-electron chi connectivity index (χ0n) is 15.8. The second-order valence-electron chi connectivity index (χ2n) is 6.14. The Morgan fingerprint density at radius 1 is 1.04 bits per heavy atom. The Labute approximate surface area is 163 Å². The number of hydrogen-bond acceptors (Lipinski definition) is 4. The average molecular weight is 378 g/mol. The van der Waals surface area contributed by atoms with Crippen LogP contribution in [0.25, 0.3) is 16.9 Å². The lowest BCUT2D eigenvalue weighted by Crippen LogP contribution is -2.33. The number of rotatable bonds is 7. The van der Waals surface area contributed by atoms with Crippen molar-refractivity contribution in [2.24, 2.45) is 0 Å². The van der Waals surface area contributed by atoms with Crippen molar-refractivity contribution in [1.82, 2.24) is 20.4 Å². The standard InChI is InChI=1S/C21H22N4O3/c1-15(26)22-11-12-23-21(27)19-14-25(17-8-4-3-5-9-17)24-20(19)16-7-6-10-18(13-16)28-2/h3-10,13-14H,11-12H2,1-2H3,(H,22,26)(H,23,27). The molecule has 7 heteroatoms. The number of benzene rings is 2. The summed E-state index contributed by atoms with van der Waals surface area (Å²) in [6, 6.07) is 17.0. The number of ether oxygens (including phenoxy) is 1. The van der Waals surface area contributed by atoms with Gasteiger partial charge in [0.15, 0.2) is 0 Å². The van der Waals surface area contributed by atoms with Gasteiger partial charge in [0.05, 0.1) is 18.4 Å². The quantitative estimate of drug-likeness (QED) is 0.619. The highest BCUT2D eigenvalue weighted by Gasteiger charge is 2.19. The minimum atomic E-state index is -0.259. The summed E-state index contributed by atoms with van der Waals surface area (Å²) in [4.78, 5) is 23.7. The van der Waals surface area contributed by atoms with E-state index in [0.29, 0.717) is 30.1 Å². The molecule has 1 aromatic heterocycles. The third-order valence-corrected chi connectivity index (χ3v) is 4.11. The molecular formula is C21H22N4O3. The van der Waals surface area contributed by atoms with E-state index in [2.05, 4.69) is 15.7 Å². The van der Waals surface area contributed by atoms with E-state index in [1.807, 2.05) is 54.6 Å². The van der Waals surface area contributed by atoms with E-state index in [0.717, 1.165) is 11.3 Å². The van der Waals surface area contributed by atoms with Gasteiger partial charge in [-0.15, -0.1) is 0 Å². The molecule has 0 saturated carbocycles. The Bertz CT molecular complexity index is 967. The van der Waals surface area contributed by atoms with E-state index >= 15 is 0 Å². The molecule has 0 fully saturated rings. The van der Waals surface area contributed by atoms with Gasteiger partial charge in [-0.2, -0.15) is 5.10 Å². The fourth-order valence-corrected chi connectivity index (χ4v) is 2.75. The van der Waals surface area contributed by atoms with E-state index in [-0.39, 0.29) is 11.8 Å². The second kappa shape index (κ2) is 8.85. The van der Waals surface area contributed by atoms with Crippen LogP contribution >= 0.6 is 0 Å². The Balaban J connectivity index is 1.93. The van der Waals surface area contributed by atoms with Gasteiger partial charge < -0.3 is 15.4 Å². The molecule has 0 aliphatic rings. The predicted octanol–water partition coefficient (Wildman–Crippen LogP) is 2.41. The van der Waals surface area contributed by atoms with Crippen LogP contribution in [0.1, 0.15) is 17.3 Å². The van der Waals surface area contributed by atoms with Gasteiger partial charge in [0.1, 0.15) is 11.4 Å². The molecule has 2 aromatic carbocycles. The number of hydrogen-bond donors (Lipinski definition) is 2. The third-order valence-electron chi connectivity index (χ3n) is 4.11. The normalized spacial score (nSPS) is 10.4. The fraction of sp³-hybridized carbons (Fsp3) is 0.190. The number of nitrogens with one attached hydrogen (secondary N) is 2. The molecule has 2 N–H and O–H groups in total. The van der Waals surface area contributed by atoms with Gasteiger partial charge in [0.25, 0.3) is 5.91 Å². The van der Waals surface area contributed by atoms with Crippen LogP contribution in [-0.2, 0) is 4.79 Å². The van der Waals surface area contributed by atoms with Gasteiger partial charge in [-0.3, -0.25) is 9.59 Å². The maximum absolute atomic E-state index is 12.8. The van der Waals surface area contributed by atoms with Crippen molar-refractivity contribution in [2.45, 2.75) is 6.92 Å². The molecule has 0 aliphatic heterocycles. The SMILES string of the molecule is COc1cccc(-c2nn(-c3ccccc3)cc2C(=O)NCCNC(C)=O)c1. The van der Waals surface area contributed by atoms with Crippen molar-refractivity contribution in [3.63, 3.8) is 0 Å². The van der Waals surface area contributed by atoms with E-state index in [9.17, 15) is 9.59 Å². The van der Waals surface area contributed by atoms with E-state index in [1.165, 1.54) is 6.92 Å². The summed E-state index contributed by atoms with van der Waals surface area (Å²) in [5, 5.41) is 10.1. The van der Waals surface area contributed by atoms with E-state index < -0.39 is 0 Å². The van der Waals surface area contributed by atoms with Crippen LogP contribution in [0.2, 0.25) is 0 Å². The summed E-state index contributed by atoms with van der Waals surface area (Å²) in [6.07, 6.45) is 1.71. The Hall–Kier alpha value is -3.61. The molecule has 7 nitrogen and oxygen atoms in total. The number of carbonyl (C=O) groups excluding carboxylic acids is 2. The van der Waals surface area contributed by atoms with Crippen molar-refractivity contribution in [1.29, 1.82) is 0 Å². The molecule has 0 spiro atoms. The van der Waals surface area contributed by atoms with Gasteiger partial charge in [-0.05, 0) is 24.3 Å². The number of methoxy groups -OCH3 is 1. The van der Waals surface area contributed by atoms with Crippen LogP contribution in [0.5, 0.6) is 5.75 Å². The Morgan fingerprint density at radius 3 is 2.50 bits per heavy atom. The maximum atomic E-state index is 12.8. The largest absolute Gasteiger partial charge is 0.497 e. The van der Waals surface area contributed by atoms with Gasteiger partial charge in [-0.25, -0.2) is 4.68 Å².